The van der Waals surface area contributed by atoms with Crippen LogP contribution in [-0.2, 0) is 9.31 Å². The van der Waals surface area contributed by atoms with Crippen molar-refractivity contribution in [3.05, 3.63) is 369 Å². The first-order chi connectivity index (χ1) is 52.9. The maximum absolute atomic E-state index is 6.40. The maximum Gasteiger partial charge on any atom is 0.494 e. The number of rotatable bonds is 12. The Labute approximate surface area is 640 Å². The molecule has 10 nitrogen and oxygen atoms in total. The van der Waals surface area contributed by atoms with Crippen LogP contribution in [0.5, 0.6) is 0 Å². The molecule has 5 heterocycles. The molecule has 526 valence electrons. The van der Waals surface area contributed by atoms with E-state index in [2.05, 4.69) is 294 Å². The molecule has 0 atom stereocenters. The highest BCUT2D eigenvalue weighted by Crippen LogP contribution is 2.42. The average Bonchev–Trinajstić information content (AvgIpc) is 1.59. The van der Waals surface area contributed by atoms with Gasteiger partial charge in [0.15, 0.2) is 29.1 Å². The first-order valence-corrected chi connectivity index (χ1v) is 36.6. The van der Waals surface area contributed by atoms with Crippen molar-refractivity contribution in [3.8, 4) is 113 Å². The number of halogens is 1. The highest BCUT2D eigenvalue weighted by molar-refractivity contribution is 6.62. The van der Waals surface area contributed by atoms with Crippen LogP contribution in [0.3, 0.4) is 0 Å². The van der Waals surface area contributed by atoms with Crippen LogP contribution < -0.4 is 5.46 Å². The molecule has 0 spiro atoms. The molecule has 0 radical (unpaired) electrons. The molecule has 109 heavy (non-hydrogen) atoms. The van der Waals surface area contributed by atoms with Crippen LogP contribution in [0.4, 0.5) is 0 Å². The molecule has 19 rings (SSSR count). The van der Waals surface area contributed by atoms with Crippen molar-refractivity contribution in [2.45, 2.75) is 46.3 Å². The van der Waals surface area contributed by atoms with Gasteiger partial charge < -0.3 is 18.4 Å². The van der Waals surface area contributed by atoms with Crippen LogP contribution in [0, 0.1) is 0 Å². The number of benzene rings is 14. The SMILES string of the molecule is C.CC1(C)OB(c2cccc(-n3c4ccc(-c5ccccc5)cc4c4cc(-c5ccccc5)ccc43)c2)OC1(C)C.Clc1nc(-c2ccccc2)nc(-c2ccccc2)n1.c1ccc(-c2ccc3c(c2)c2cc(-c4ccccc4)ccc2n3-c2cccc(-c3nc(-c4ccccc4)nc(-c4ccccc4)n3)c2)cc1. The van der Waals surface area contributed by atoms with Gasteiger partial charge in [-0.05, 0) is 162 Å². The van der Waals surface area contributed by atoms with Gasteiger partial charge in [0.2, 0.25) is 5.28 Å². The quantitative estimate of drug-likeness (QED) is 0.111. The van der Waals surface area contributed by atoms with E-state index in [1.807, 2.05) is 121 Å². The molecule has 18 aromatic rings. The zero-order valence-electron chi connectivity index (χ0n) is 60.0. The summed E-state index contributed by atoms with van der Waals surface area (Å²) in [5.41, 5.74) is 21.3. The van der Waals surface area contributed by atoms with Gasteiger partial charge in [0, 0.05) is 60.7 Å². The second-order valence-corrected chi connectivity index (χ2v) is 28.2. The molecule has 0 amide bonds. The van der Waals surface area contributed by atoms with Crippen LogP contribution in [-0.4, -0.2) is 57.4 Å². The van der Waals surface area contributed by atoms with Gasteiger partial charge in [0.25, 0.3) is 0 Å². The van der Waals surface area contributed by atoms with Crippen molar-refractivity contribution in [2.24, 2.45) is 0 Å². The zero-order valence-corrected chi connectivity index (χ0v) is 60.7. The lowest BCUT2D eigenvalue weighted by atomic mass is 9.79. The Morgan fingerprint density at radius 2 is 0.495 bits per heavy atom. The van der Waals surface area contributed by atoms with Crippen LogP contribution in [0.15, 0.2) is 364 Å². The molecule has 0 unspecified atom stereocenters. The van der Waals surface area contributed by atoms with Gasteiger partial charge >= 0.3 is 7.12 Å². The summed E-state index contributed by atoms with van der Waals surface area (Å²) in [6, 6.07) is 126. The van der Waals surface area contributed by atoms with Crippen molar-refractivity contribution < 1.29 is 9.31 Å². The van der Waals surface area contributed by atoms with Gasteiger partial charge in [-0.3, -0.25) is 0 Å². The molecule has 1 saturated heterocycles. The summed E-state index contributed by atoms with van der Waals surface area (Å²) in [6.45, 7) is 8.38. The van der Waals surface area contributed by atoms with Crippen LogP contribution >= 0.6 is 11.6 Å². The number of nitrogens with zero attached hydrogens (tertiary/aromatic N) is 8. The fourth-order valence-electron chi connectivity index (χ4n) is 14.1. The highest BCUT2D eigenvalue weighted by Gasteiger charge is 2.51. The number of hydrogen-bond acceptors (Lipinski definition) is 8. The topological polar surface area (TPSA) is 106 Å². The Morgan fingerprint density at radius 1 is 0.248 bits per heavy atom. The van der Waals surface area contributed by atoms with E-state index in [0.29, 0.717) is 29.1 Å². The fourth-order valence-corrected chi connectivity index (χ4v) is 14.3. The van der Waals surface area contributed by atoms with Crippen LogP contribution in [0.25, 0.3) is 156 Å². The van der Waals surface area contributed by atoms with E-state index in [1.165, 1.54) is 77.1 Å². The highest BCUT2D eigenvalue weighted by atomic mass is 35.5. The summed E-state index contributed by atoms with van der Waals surface area (Å²) in [5.74, 6) is 3.09. The average molecular weight is 1430 g/mol. The molecule has 0 saturated carbocycles. The van der Waals surface area contributed by atoms with Crippen molar-refractivity contribution in [3.63, 3.8) is 0 Å². The summed E-state index contributed by atoms with van der Waals surface area (Å²) < 4.78 is 17.5. The van der Waals surface area contributed by atoms with Gasteiger partial charge in [-0.2, -0.15) is 9.97 Å². The maximum atomic E-state index is 6.40. The molecule has 1 aliphatic rings. The molecule has 4 aromatic heterocycles. The first kappa shape index (κ1) is 70.3. The normalized spacial score (nSPS) is 12.8. The third-order valence-corrected chi connectivity index (χ3v) is 20.5. The van der Waals surface area contributed by atoms with E-state index in [0.717, 1.165) is 55.7 Å². The number of fused-ring (bicyclic) bond motifs is 6. The molecule has 0 N–H and O–H groups in total. The van der Waals surface area contributed by atoms with Gasteiger partial charge in [-0.25, -0.2) is 19.9 Å². The predicted molar refractivity (Wildman–Crippen MR) is 451 cm³/mol. The monoisotopic (exact) mass is 1430 g/mol. The number of aromatic nitrogens is 8. The Kier molecular flexibility index (Phi) is 19.6. The van der Waals surface area contributed by atoms with Crippen molar-refractivity contribution in [2.75, 3.05) is 0 Å². The van der Waals surface area contributed by atoms with Crippen molar-refractivity contribution in [1.29, 1.82) is 0 Å². The van der Waals surface area contributed by atoms with Crippen molar-refractivity contribution in [1.82, 2.24) is 39.0 Å². The van der Waals surface area contributed by atoms with Gasteiger partial charge in [-0.15, -0.1) is 0 Å². The molecule has 12 heteroatoms. The van der Waals surface area contributed by atoms with E-state index >= 15 is 0 Å². The zero-order chi connectivity index (χ0) is 73.1. The van der Waals surface area contributed by atoms with E-state index in [4.69, 9.17) is 35.9 Å². The molecule has 14 aromatic carbocycles. The van der Waals surface area contributed by atoms with E-state index in [-0.39, 0.29) is 23.9 Å². The van der Waals surface area contributed by atoms with Crippen LogP contribution in [0.1, 0.15) is 35.1 Å². The lowest BCUT2D eigenvalue weighted by Gasteiger charge is -2.32. The van der Waals surface area contributed by atoms with Gasteiger partial charge in [-0.1, -0.05) is 299 Å². The second kappa shape index (κ2) is 30.4. The summed E-state index contributed by atoms with van der Waals surface area (Å²) in [6.07, 6.45) is 0. The third-order valence-electron chi connectivity index (χ3n) is 20.3. The molecule has 0 aliphatic carbocycles. The molecule has 1 aliphatic heterocycles. The Morgan fingerprint density at radius 3 is 0.798 bits per heavy atom. The summed E-state index contributed by atoms with van der Waals surface area (Å²) in [7, 11) is -0.410. The van der Waals surface area contributed by atoms with E-state index < -0.39 is 7.12 Å². The first-order valence-electron chi connectivity index (χ1n) is 36.3. The minimum absolute atomic E-state index is 0. The number of hydrogen-bond donors (Lipinski definition) is 0. The van der Waals surface area contributed by atoms with Crippen LogP contribution in [0.2, 0.25) is 5.28 Å². The minimum atomic E-state index is -0.410. The van der Waals surface area contributed by atoms with E-state index in [1.54, 1.807) is 0 Å². The second-order valence-electron chi connectivity index (χ2n) is 27.8. The Balaban J connectivity index is 0.000000135. The molecular weight excluding hydrogens is 1360 g/mol. The smallest absolute Gasteiger partial charge is 0.399 e. The third kappa shape index (κ3) is 14.5. The van der Waals surface area contributed by atoms with Gasteiger partial charge in [0.1, 0.15) is 0 Å². The fraction of sp³-hybridized carbons (Fsp3) is 0.0722. The van der Waals surface area contributed by atoms with Gasteiger partial charge in [0.05, 0.1) is 33.3 Å². The minimum Gasteiger partial charge on any atom is -0.399 e. The van der Waals surface area contributed by atoms with E-state index in [9.17, 15) is 0 Å². The summed E-state index contributed by atoms with van der Waals surface area (Å²) in [5, 5.41) is 5.08. The lowest BCUT2D eigenvalue weighted by Crippen LogP contribution is -2.41. The predicted octanol–water partition coefficient (Wildman–Crippen LogP) is 24.2. The molecular formula is C97H76BClN8O2. The lowest BCUT2D eigenvalue weighted by molar-refractivity contribution is 0.00578. The Bertz CT molecular complexity index is 5920. The standard InChI is InChI=1S/C45H30N4.C36H32BNO2.C15H10ClN3.CH4/c1-5-14-31(15-6-1)35-24-26-41-39(29-35)40-30-36(32-16-7-2-8-17-32)25-27-42(40)49(41)38-23-13-22-37(28-38)45-47-43(33-18-9-3-10-19-33)46-44(48-45)34-20-11-4-12-21-34;1-35(2)36(3,4)40-37(39-35)29-16-11-17-30(24-29)38-33-20-18-27(25-12-7-5-8-13-25)22-31(33)32-23-28(19-21-34(32)38)26-14-9-6-10-15-26;16-15-18-13(11-7-3-1-4-8-11)17-14(19-15)12-9-5-2-6-10-12;/h1-30H;5-24H,1-4H3;1-10H;1H4. The van der Waals surface area contributed by atoms with Crippen molar-refractivity contribution >= 4 is 67.8 Å². The summed E-state index contributed by atoms with van der Waals surface area (Å²) in [4.78, 5) is 27.7. The summed E-state index contributed by atoms with van der Waals surface area (Å²) >= 11 is 5.99. The largest absolute Gasteiger partial charge is 0.494 e. The molecule has 0 bridgehead atoms. The molecule has 1 fully saturated rings. The Hall–Kier alpha value is -13.0.